The third-order valence-corrected chi connectivity index (χ3v) is 9.45. The number of nitrogens with zero attached hydrogens (tertiary/aromatic N) is 3. The predicted molar refractivity (Wildman–Crippen MR) is 156 cm³/mol. The number of sulfonamides is 1. The van der Waals surface area contributed by atoms with Crippen molar-refractivity contribution in [3.05, 3.63) is 107 Å². The van der Waals surface area contributed by atoms with Gasteiger partial charge in [0, 0.05) is 17.5 Å². The van der Waals surface area contributed by atoms with E-state index in [1.54, 1.807) is 36.4 Å². The normalized spacial score (nSPS) is 16.6. The van der Waals surface area contributed by atoms with Crippen molar-refractivity contribution in [3.63, 3.8) is 0 Å². The number of rotatable bonds is 9. The van der Waals surface area contributed by atoms with Crippen molar-refractivity contribution in [1.29, 1.82) is 0 Å². The lowest BCUT2D eigenvalue weighted by molar-refractivity contribution is -0.148. The summed E-state index contributed by atoms with van der Waals surface area (Å²) >= 11 is 0. The molecule has 1 aliphatic carbocycles. The van der Waals surface area contributed by atoms with Gasteiger partial charge in [-0.3, -0.25) is 9.36 Å². The number of ether oxygens (including phenoxy) is 2. The van der Waals surface area contributed by atoms with Crippen LogP contribution in [0.25, 0.3) is 16.6 Å². The van der Waals surface area contributed by atoms with Crippen LogP contribution in [0.15, 0.2) is 99.3 Å². The summed E-state index contributed by atoms with van der Waals surface area (Å²) in [6.07, 6.45) is -3.00. The average molecular weight is 626 g/mol. The summed E-state index contributed by atoms with van der Waals surface area (Å²) in [5, 5.41) is 4.28. The second-order valence-corrected chi connectivity index (χ2v) is 12.2. The van der Waals surface area contributed by atoms with Gasteiger partial charge in [-0.1, -0.05) is 23.4 Å². The molecule has 3 aromatic carbocycles. The number of hydrogen-bond donors (Lipinski definition) is 0. The van der Waals surface area contributed by atoms with Crippen LogP contribution in [0, 0.1) is 5.92 Å². The maximum Gasteiger partial charge on any atom is 0.392 e. The zero-order chi connectivity index (χ0) is 31.2. The van der Waals surface area contributed by atoms with Crippen LogP contribution in [0.4, 0.5) is 19.0 Å². The Morgan fingerprint density at radius 2 is 1.75 bits per heavy atom. The Hall–Kier alpha value is -4.78. The Labute approximate surface area is 250 Å². The molecule has 228 valence electrons. The second-order valence-electron chi connectivity index (χ2n) is 10.4. The zero-order valence-corrected chi connectivity index (χ0v) is 24.3. The van der Waals surface area contributed by atoms with Crippen LogP contribution < -0.4 is 19.3 Å². The Morgan fingerprint density at radius 1 is 0.977 bits per heavy atom. The van der Waals surface area contributed by atoms with Gasteiger partial charge in [0.15, 0.2) is 5.82 Å². The van der Waals surface area contributed by atoms with Gasteiger partial charge in [0.1, 0.15) is 17.8 Å². The van der Waals surface area contributed by atoms with E-state index >= 15 is 0 Å². The molecule has 44 heavy (non-hydrogen) atoms. The third-order valence-electron chi connectivity index (χ3n) is 7.70. The van der Waals surface area contributed by atoms with Crippen molar-refractivity contribution in [2.75, 3.05) is 18.5 Å². The fourth-order valence-corrected chi connectivity index (χ4v) is 6.75. The van der Waals surface area contributed by atoms with Crippen LogP contribution in [-0.2, 0) is 16.6 Å². The van der Waals surface area contributed by atoms with Crippen molar-refractivity contribution in [3.8, 4) is 17.2 Å². The SMILES string of the molecule is COc1ccc(CN(c2ccon2)S(=O)(=O)c2ccc3c(ccc(=O)n3-c3ccc([C@@H]4C[C@H]4C(F)(F)F)cc3OC)c2)cc1. The van der Waals surface area contributed by atoms with Gasteiger partial charge in [-0.05, 0) is 72.0 Å². The molecule has 2 aromatic heterocycles. The molecule has 2 heterocycles. The molecule has 0 aliphatic heterocycles. The lowest BCUT2D eigenvalue weighted by atomic mass is 10.1. The first-order valence-corrected chi connectivity index (χ1v) is 14.9. The van der Waals surface area contributed by atoms with Gasteiger partial charge in [-0.15, -0.1) is 0 Å². The van der Waals surface area contributed by atoms with Gasteiger partial charge in [-0.25, -0.2) is 12.7 Å². The third kappa shape index (κ3) is 5.39. The van der Waals surface area contributed by atoms with Crippen LogP contribution in [0.1, 0.15) is 23.5 Å². The minimum atomic E-state index is -4.28. The molecule has 0 spiro atoms. The van der Waals surface area contributed by atoms with Gasteiger partial charge in [0.25, 0.3) is 15.6 Å². The highest BCUT2D eigenvalue weighted by Gasteiger charge is 2.56. The molecule has 5 aromatic rings. The monoisotopic (exact) mass is 625 g/mol. The lowest BCUT2D eigenvalue weighted by Crippen LogP contribution is -2.31. The minimum absolute atomic E-state index is 0.00128. The van der Waals surface area contributed by atoms with Crippen molar-refractivity contribution < 1.29 is 35.6 Å². The number of alkyl halides is 3. The number of anilines is 1. The highest BCUT2D eigenvalue weighted by molar-refractivity contribution is 7.92. The van der Waals surface area contributed by atoms with E-state index in [0.29, 0.717) is 33.5 Å². The van der Waals surface area contributed by atoms with Gasteiger partial charge in [-0.2, -0.15) is 13.2 Å². The summed E-state index contributed by atoms with van der Waals surface area (Å²) in [7, 11) is -1.27. The summed E-state index contributed by atoms with van der Waals surface area (Å²) in [4.78, 5) is 13.1. The van der Waals surface area contributed by atoms with Gasteiger partial charge < -0.3 is 14.0 Å². The molecule has 0 amide bonds. The van der Waals surface area contributed by atoms with Crippen LogP contribution in [0.3, 0.4) is 0 Å². The molecule has 1 aliphatic rings. The zero-order valence-electron chi connectivity index (χ0n) is 23.5. The summed E-state index contributed by atoms with van der Waals surface area (Å²) < 4.78 is 85.6. The van der Waals surface area contributed by atoms with Crippen LogP contribution in [0.5, 0.6) is 11.5 Å². The fourth-order valence-electron chi connectivity index (χ4n) is 5.32. The molecule has 2 atom stereocenters. The Morgan fingerprint density at radius 3 is 2.39 bits per heavy atom. The number of aromatic nitrogens is 2. The number of benzene rings is 3. The molecule has 0 bridgehead atoms. The van der Waals surface area contributed by atoms with Crippen molar-refractivity contribution in [1.82, 2.24) is 9.72 Å². The fraction of sp³-hybridized carbons (Fsp3) is 0.226. The van der Waals surface area contributed by atoms with E-state index in [0.717, 1.165) is 4.31 Å². The predicted octanol–water partition coefficient (Wildman–Crippen LogP) is 6.06. The highest BCUT2D eigenvalue weighted by Crippen LogP contribution is 2.56. The molecule has 0 saturated heterocycles. The smallest absolute Gasteiger partial charge is 0.392 e. The molecule has 0 radical (unpaired) electrons. The molecule has 0 unspecified atom stereocenters. The average Bonchev–Trinajstić information content (AvgIpc) is 3.67. The topological polar surface area (TPSA) is 104 Å². The standard InChI is InChI=1S/C31H26F3N3O6S/c1-41-22-7-3-19(4-8-22)18-36(29-13-14-43-35-29)44(39,40)23-9-11-26-21(15-23)6-12-30(38)37(26)27-10-5-20(16-28(27)42-2)24-17-25(24)31(32,33)34/h3-16,24-25H,17-18H2,1-2H3/t24-,25+/m0/s1. The first-order chi connectivity index (χ1) is 21.0. The number of hydrogen-bond acceptors (Lipinski definition) is 7. The largest absolute Gasteiger partial charge is 0.497 e. The number of pyridine rings is 1. The van der Waals surface area contributed by atoms with E-state index in [-0.39, 0.29) is 29.4 Å². The Kier molecular flexibility index (Phi) is 7.36. The Balaban J connectivity index is 1.39. The maximum atomic E-state index is 14.0. The summed E-state index contributed by atoms with van der Waals surface area (Å²) in [5.41, 5.74) is 1.41. The first kappa shape index (κ1) is 29.3. The molecule has 1 saturated carbocycles. The van der Waals surface area contributed by atoms with Crippen LogP contribution in [-0.4, -0.2) is 38.5 Å². The molecule has 9 nitrogen and oxygen atoms in total. The molecule has 0 N–H and O–H groups in total. The van der Waals surface area contributed by atoms with E-state index in [9.17, 15) is 26.4 Å². The molecule has 6 rings (SSSR count). The van der Waals surface area contributed by atoms with Crippen LogP contribution in [0.2, 0.25) is 0 Å². The highest BCUT2D eigenvalue weighted by atomic mass is 32.2. The van der Waals surface area contributed by atoms with E-state index in [4.69, 9.17) is 14.0 Å². The number of methoxy groups -OCH3 is 2. The second kappa shape index (κ2) is 11.1. The number of fused-ring (bicyclic) bond motifs is 1. The molecule has 1 fully saturated rings. The molecule has 13 heteroatoms. The van der Waals surface area contributed by atoms with Crippen molar-refractivity contribution in [2.24, 2.45) is 5.92 Å². The lowest BCUT2D eigenvalue weighted by Gasteiger charge is -2.22. The summed E-state index contributed by atoms with van der Waals surface area (Å²) in [6.45, 7) is -0.0455. The first-order valence-electron chi connectivity index (χ1n) is 13.5. The number of halogens is 3. The molecular formula is C31H26F3N3O6S. The van der Waals surface area contributed by atoms with Gasteiger partial charge in [0.05, 0.1) is 42.8 Å². The Bertz CT molecular complexity index is 1990. The van der Waals surface area contributed by atoms with Crippen LogP contribution >= 0.6 is 0 Å². The van der Waals surface area contributed by atoms with Crippen molar-refractivity contribution >= 4 is 26.7 Å². The summed E-state index contributed by atoms with van der Waals surface area (Å²) in [5.74, 6) is -1.15. The van der Waals surface area contributed by atoms with E-state index in [1.807, 2.05) is 0 Å². The molecular weight excluding hydrogens is 599 g/mol. The van der Waals surface area contributed by atoms with E-state index < -0.39 is 33.6 Å². The van der Waals surface area contributed by atoms with Gasteiger partial charge >= 0.3 is 6.18 Å². The maximum absolute atomic E-state index is 14.0. The van der Waals surface area contributed by atoms with E-state index in [2.05, 4.69) is 5.16 Å². The van der Waals surface area contributed by atoms with Crippen molar-refractivity contribution in [2.45, 2.75) is 30.0 Å². The van der Waals surface area contributed by atoms with Gasteiger partial charge in [0.2, 0.25) is 0 Å². The summed E-state index contributed by atoms with van der Waals surface area (Å²) in [6, 6.07) is 20.1. The van der Waals surface area contributed by atoms with E-state index in [1.165, 1.54) is 67.5 Å². The quantitative estimate of drug-likeness (QED) is 0.196. The minimum Gasteiger partial charge on any atom is -0.497 e.